The lowest BCUT2D eigenvalue weighted by atomic mass is 10.2. The minimum atomic E-state index is -0.360. The van der Waals surface area contributed by atoms with Crippen LogP contribution in [0.1, 0.15) is 5.56 Å². The van der Waals surface area contributed by atoms with Gasteiger partial charge in [-0.3, -0.25) is 4.79 Å². The highest BCUT2D eigenvalue weighted by molar-refractivity contribution is 7.99. The number of methoxy groups -OCH3 is 1. The minimum absolute atomic E-state index is 0.0411. The first kappa shape index (κ1) is 24.1. The molecule has 0 fully saturated rings. The van der Waals surface area contributed by atoms with Gasteiger partial charge in [0.2, 0.25) is 0 Å². The van der Waals surface area contributed by atoms with Gasteiger partial charge in [0.15, 0.2) is 0 Å². The average molecular weight is 511 g/mol. The van der Waals surface area contributed by atoms with Gasteiger partial charge in [-0.15, -0.1) is 5.10 Å². The van der Waals surface area contributed by atoms with Crippen molar-refractivity contribution in [3.05, 3.63) is 77.3 Å². The lowest BCUT2D eigenvalue weighted by Crippen LogP contribution is -2.34. The molecule has 0 aliphatic carbocycles. The summed E-state index contributed by atoms with van der Waals surface area (Å²) in [4.78, 5) is 12.4. The summed E-state index contributed by atoms with van der Waals surface area (Å²) < 4.78 is 7.14. The topological polar surface area (TPSA) is 124 Å². The van der Waals surface area contributed by atoms with Crippen LogP contribution in [0.25, 0.3) is 17.1 Å². The Balaban J connectivity index is 1.51. The van der Waals surface area contributed by atoms with Crippen LogP contribution in [-0.4, -0.2) is 45.4 Å². The number of carbonyl (C=O) groups is 1. The molecule has 1 heterocycles. The monoisotopic (exact) mass is 510 g/mol. The molecule has 4 rings (SSSR count). The highest BCUT2D eigenvalue weighted by Gasteiger charge is 2.24. The van der Waals surface area contributed by atoms with E-state index in [0.717, 1.165) is 22.8 Å². The Morgan fingerprint density at radius 3 is 2.60 bits per heavy atom. The highest BCUT2D eigenvalue weighted by atomic mass is 35.5. The summed E-state index contributed by atoms with van der Waals surface area (Å²) in [5.74, 6) is 0.920. The van der Waals surface area contributed by atoms with Crippen LogP contribution in [-0.2, 0) is 4.79 Å². The molecule has 0 unspecified atom stereocenters. The van der Waals surface area contributed by atoms with E-state index in [4.69, 9.17) is 16.3 Å². The van der Waals surface area contributed by atoms with Crippen molar-refractivity contribution in [3.8, 4) is 34.3 Å². The second kappa shape index (κ2) is 10.9. The van der Waals surface area contributed by atoms with Gasteiger partial charge in [-0.2, -0.15) is 9.67 Å². The van der Waals surface area contributed by atoms with Crippen molar-refractivity contribution in [2.45, 2.75) is 5.16 Å². The molecule has 11 heteroatoms. The van der Waals surface area contributed by atoms with Gasteiger partial charge in [0.1, 0.15) is 22.9 Å². The molecule has 0 bridgehead atoms. The Hall–Kier alpha value is -4.02. The van der Waals surface area contributed by atoms with Gasteiger partial charge in [-0.1, -0.05) is 11.6 Å². The van der Waals surface area contributed by atoms with Crippen LogP contribution >= 0.6 is 23.4 Å². The number of phenols is 2. The Morgan fingerprint density at radius 1 is 1.17 bits per heavy atom. The van der Waals surface area contributed by atoms with E-state index in [9.17, 15) is 15.0 Å². The van der Waals surface area contributed by atoms with Gasteiger partial charge in [-0.25, -0.2) is 5.43 Å². The Morgan fingerprint density at radius 2 is 1.91 bits per heavy atom. The molecule has 9 nitrogen and oxygen atoms in total. The third kappa shape index (κ3) is 5.92. The lowest BCUT2D eigenvalue weighted by Gasteiger charge is -2.05. The number of rotatable bonds is 8. The normalized spacial score (nSPS) is 11.0. The number of phenolic OH excluding ortho intramolecular Hbond substituents is 2. The molecule has 0 radical (unpaired) electrons. The fraction of sp³-hybridized carbons (Fsp3) is 0.0833. The van der Waals surface area contributed by atoms with E-state index in [1.54, 1.807) is 19.2 Å². The molecule has 0 atom stereocenters. The number of thioether (sulfide) groups is 1. The molecule has 178 valence electrons. The van der Waals surface area contributed by atoms with Crippen molar-refractivity contribution in [1.29, 1.82) is 0 Å². The van der Waals surface area contributed by atoms with Gasteiger partial charge in [-0.05, 0) is 72.4 Å². The van der Waals surface area contributed by atoms with Crippen molar-refractivity contribution < 1.29 is 24.3 Å². The van der Waals surface area contributed by atoms with Gasteiger partial charge in [0, 0.05) is 16.7 Å². The molecule has 1 amide bonds. The summed E-state index contributed by atoms with van der Waals surface area (Å²) >= 11 is 7.29. The largest absolute Gasteiger partial charge is 0.508 e. The molecule has 4 N–H and O–H groups in total. The number of nitrogens with one attached hydrogen (secondary N) is 2. The Bertz CT molecular complexity index is 1360. The Kier molecular flexibility index (Phi) is 7.54. The summed E-state index contributed by atoms with van der Waals surface area (Å²) in [6.07, 6.45) is 1.29. The number of H-pyrrole nitrogens is 1. The summed E-state index contributed by atoms with van der Waals surface area (Å²) in [5.41, 5.74) is 4.47. The molecule has 0 aliphatic heterocycles. The standard InChI is InChI=1S/C24H20ClN5O4S/c1-34-20-10-3-15(4-11-20)23-28-29-24(30(23)18-7-5-17(25)6-8-18)35-14-22(33)27-26-13-16-2-9-19(31)12-21(16)32/h2-13H,14H2,1H3,(H3,26,27,31,32,33)/p+1. The van der Waals surface area contributed by atoms with E-state index in [-0.39, 0.29) is 23.2 Å². The zero-order valence-corrected chi connectivity index (χ0v) is 20.0. The fourth-order valence-electron chi connectivity index (χ4n) is 3.14. The number of aromatic nitrogens is 3. The van der Waals surface area contributed by atoms with Crippen LogP contribution in [0.15, 0.2) is 77.0 Å². The van der Waals surface area contributed by atoms with Crippen LogP contribution in [0.3, 0.4) is 0 Å². The van der Waals surface area contributed by atoms with E-state index in [1.807, 2.05) is 41.0 Å². The molecule has 3 aromatic carbocycles. The van der Waals surface area contributed by atoms with Gasteiger partial charge in [0.05, 0.1) is 29.7 Å². The van der Waals surface area contributed by atoms with E-state index < -0.39 is 0 Å². The van der Waals surface area contributed by atoms with E-state index >= 15 is 0 Å². The molecule has 0 saturated heterocycles. The van der Waals surface area contributed by atoms with Crippen molar-refractivity contribution in [1.82, 2.24) is 15.6 Å². The number of hydrogen-bond acceptors (Lipinski definition) is 7. The number of aromatic hydroxyl groups is 2. The van der Waals surface area contributed by atoms with Crippen molar-refractivity contribution in [3.63, 3.8) is 0 Å². The van der Waals surface area contributed by atoms with Crippen molar-refractivity contribution in [2.75, 3.05) is 12.9 Å². The SMILES string of the molecule is COc1ccc(-c2[nH]nc(SCC(=O)NN=Cc3ccc(O)cc3O)[n+]2-c2ccc(Cl)cc2)cc1. The molecule has 35 heavy (non-hydrogen) atoms. The number of ether oxygens (including phenoxy) is 1. The number of aromatic amines is 1. The number of hydrogen-bond donors (Lipinski definition) is 4. The highest BCUT2D eigenvalue weighted by Crippen LogP contribution is 2.23. The number of amides is 1. The maximum Gasteiger partial charge on any atom is 0.342 e. The first-order chi connectivity index (χ1) is 16.9. The van der Waals surface area contributed by atoms with Crippen LogP contribution in [0.5, 0.6) is 17.2 Å². The van der Waals surface area contributed by atoms with Crippen LogP contribution in [0.4, 0.5) is 0 Å². The van der Waals surface area contributed by atoms with Crippen LogP contribution in [0, 0.1) is 0 Å². The van der Waals surface area contributed by atoms with E-state index in [0.29, 0.717) is 15.7 Å². The summed E-state index contributed by atoms with van der Waals surface area (Å²) in [6, 6.07) is 18.9. The molecular formula is C24H21ClN5O4S+. The lowest BCUT2D eigenvalue weighted by molar-refractivity contribution is -0.625. The number of nitrogens with zero attached hydrogens (tertiary/aromatic N) is 3. The van der Waals surface area contributed by atoms with Crippen molar-refractivity contribution >= 4 is 35.5 Å². The molecule has 1 aromatic heterocycles. The molecule has 0 spiro atoms. The zero-order chi connectivity index (χ0) is 24.8. The predicted molar refractivity (Wildman–Crippen MR) is 133 cm³/mol. The maximum absolute atomic E-state index is 12.4. The van der Waals surface area contributed by atoms with Gasteiger partial charge >= 0.3 is 5.16 Å². The number of carbonyl (C=O) groups excluding carboxylic acids is 1. The predicted octanol–water partition coefficient (Wildman–Crippen LogP) is 3.67. The van der Waals surface area contributed by atoms with E-state index in [1.165, 1.54) is 36.2 Å². The minimum Gasteiger partial charge on any atom is -0.508 e. The van der Waals surface area contributed by atoms with Gasteiger partial charge < -0.3 is 14.9 Å². The molecule has 0 aliphatic rings. The maximum atomic E-state index is 12.4. The third-order valence-corrected chi connectivity index (χ3v) is 6.05. The molecular weight excluding hydrogens is 490 g/mol. The zero-order valence-electron chi connectivity index (χ0n) is 18.5. The second-order valence-corrected chi connectivity index (χ2v) is 8.60. The first-order valence-corrected chi connectivity index (χ1v) is 11.7. The second-order valence-electron chi connectivity index (χ2n) is 7.22. The number of hydrazone groups is 1. The van der Waals surface area contributed by atoms with E-state index in [2.05, 4.69) is 20.7 Å². The van der Waals surface area contributed by atoms with Crippen molar-refractivity contribution in [2.24, 2.45) is 5.10 Å². The average Bonchev–Trinajstić information content (AvgIpc) is 3.28. The smallest absolute Gasteiger partial charge is 0.342 e. The van der Waals surface area contributed by atoms with Crippen LogP contribution < -0.4 is 14.7 Å². The summed E-state index contributed by atoms with van der Waals surface area (Å²) in [5, 5.41) is 31.6. The number of halogens is 1. The third-order valence-electron chi connectivity index (χ3n) is 4.86. The number of benzene rings is 3. The summed E-state index contributed by atoms with van der Waals surface area (Å²) in [7, 11) is 1.61. The fourth-order valence-corrected chi connectivity index (χ4v) is 4.03. The Labute approximate surface area is 210 Å². The van der Waals surface area contributed by atoms with Crippen LogP contribution in [0.2, 0.25) is 5.02 Å². The summed E-state index contributed by atoms with van der Waals surface area (Å²) in [6.45, 7) is 0. The van der Waals surface area contributed by atoms with Gasteiger partial charge in [0.25, 0.3) is 11.7 Å². The molecule has 4 aromatic rings. The molecule has 0 saturated carbocycles. The quantitative estimate of drug-likeness (QED) is 0.124. The first-order valence-electron chi connectivity index (χ1n) is 10.3.